The number of carbonyl (C=O) groups excluding carboxylic acids is 1. The standard InChI is InChI=1S/C7H15NO2S/c1-2-10-7(9)6-11-5-3-4-8/h2-6,8H2,1H3. The zero-order chi connectivity index (χ0) is 8.53. The van der Waals surface area contributed by atoms with Crippen molar-refractivity contribution in [2.75, 3.05) is 24.7 Å². The monoisotopic (exact) mass is 177 g/mol. The smallest absolute Gasteiger partial charge is 0.315 e. The fourth-order valence-electron chi connectivity index (χ4n) is 0.544. The first kappa shape index (κ1) is 10.8. The fraction of sp³-hybridized carbons (Fsp3) is 0.857. The Morgan fingerprint density at radius 2 is 2.36 bits per heavy atom. The molecule has 0 saturated carbocycles. The largest absolute Gasteiger partial charge is 0.465 e. The topological polar surface area (TPSA) is 52.3 Å². The molecule has 0 radical (unpaired) electrons. The molecule has 11 heavy (non-hydrogen) atoms. The Balaban J connectivity index is 3.04. The van der Waals surface area contributed by atoms with E-state index in [4.69, 9.17) is 10.5 Å². The van der Waals surface area contributed by atoms with Crippen LogP contribution in [0.15, 0.2) is 0 Å². The minimum Gasteiger partial charge on any atom is -0.465 e. The lowest BCUT2D eigenvalue weighted by Crippen LogP contribution is -2.08. The van der Waals surface area contributed by atoms with Gasteiger partial charge in [-0.3, -0.25) is 4.79 Å². The van der Waals surface area contributed by atoms with Crippen molar-refractivity contribution in [1.82, 2.24) is 0 Å². The summed E-state index contributed by atoms with van der Waals surface area (Å²) >= 11 is 1.57. The summed E-state index contributed by atoms with van der Waals surface area (Å²) < 4.78 is 4.73. The molecule has 2 N–H and O–H groups in total. The van der Waals surface area contributed by atoms with Crippen LogP contribution in [0, 0.1) is 0 Å². The van der Waals surface area contributed by atoms with Crippen molar-refractivity contribution < 1.29 is 9.53 Å². The number of thioether (sulfide) groups is 1. The number of hydrogen-bond acceptors (Lipinski definition) is 4. The summed E-state index contributed by atoms with van der Waals surface area (Å²) in [6.07, 6.45) is 0.962. The SMILES string of the molecule is CCOC(=O)CSCCCN. The Labute approximate surface area is 71.7 Å². The minimum atomic E-state index is -0.130. The van der Waals surface area contributed by atoms with Crippen LogP contribution in [0.25, 0.3) is 0 Å². The number of ether oxygens (including phenoxy) is 1. The summed E-state index contributed by atoms with van der Waals surface area (Å²) in [4.78, 5) is 10.7. The van der Waals surface area contributed by atoms with E-state index in [0.29, 0.717) is 18.9 Å². The van der Waals surface area contributed by atoms with Crippen LogP contribution in [0.1, 0.15) is 13.3 Å². The Bertz CT molecular complexity index is 109. The van der Waals surface area contributed by atoms with E-state index in [-0.39, 0.29) is 5.97 Å². The van der Waals surface area contributed by atoms with Crippen LogP contribution in [-0.2, 0) is 9.53 Å². The summed E-state index contributed by atoms with van der Waals surface area (Å²) in [5.41, 5.74) is 5.27. The molecule has 0 heterocycles. The van der Waals surface area contributed by atoms with E-state index in [0.717, 1.165) is 12.2 Å². The second-order valence-electron chi connectivity index (χ2n) is 2.00. The molecule has 0 aliphatic rings. The summed E-state index contributed by atoms with van der Waals surface area (Å²) in [5.74, 6) is 1.26. The number of esters is 1. The normalized spacial score (nSPS) is 9.64. The molecular formula is C7H15NO2S. The summed E-state index contributed by atoms with van der Waals surface area (Å²) in [7, 11) is 0. The first-order chi connectivity index (χ1) is 5.31. The molecule has 0 bridgehead atoms. The zero-order valence-corrected chi connectivity index (χ0v) is 7.65. The van der Waals surface area contributed by atoms with E-state index in [9.17, 15) is 4.79 Å². The third-order valence-electron chi connectivity index (χ3n) is 1.02. The average Bonchev–Trinajstić information content (AvgIpc) is 1.99. The van der Waals surface area contributed by atoms with E-state index in [2.05, 4.69) is 0 Å². The van der Waals surface area contributed by atoms with Gasteiger partial charge in [-0.15, -0.1) is 0 Å². The zero-order valence-electron chi connectivity index (χ0n) is 6.84. The van der Waals surface area contributed by atoms with Crippen LogP contribution < -0.4 is 5.73 Å². The summed E-state index contributed by atoms with van der Waals surface area (Å²) in [6, 6.07) is 0. The highest BCUT2D eigenvalue weighted by Gasteiger charge is 1.99. The first-order valence-electron chi connectivity index (χ1n) is 3.74. The predicted molar refractivity (Wildman–Crippen MR) is 47.6 cm³/mol. The van der Waals surface area contributed by atoms with Crippen molar-refractivity contribution in [1.29, 1.82) is 0 Å². The van der Waals surface area contributed by atoms with Crippen LogP contribution in [0.5, 0.6) is 0 Å². The van der Waals surface area contributed by atoms with Gasteiger partial charge in [-0.1, -0.05) is 0 Å². The van der Waals surface area contributed by atoms with Crippen LogP contribution in [0.4, 0.5) is 0 Å². The highest BCUT2D eigenvalue weighted by Crippen LogP contribution is 2.01. The Morgan fingerprint density at radius 1 is 1.64 bits per heavy atom. The molecule has 0 aromatic heterocycles. The molecule has 0 aliphatic carbocycles. The molecule has 0 aliphatic heterocycles. The van der Waals surface area contributed by atoms with Gasteiger partial charge in [0.1, 0.15) is 0 Å². The van der Waals surface area contributed by atoms with Gasteiger partial charge in [0.2, 0.25) is 0 Å². The van der Waals surface area contributed by atoms with E-state index in [1.165, 1.54) is 0 Å². The quantitative estimate of drug-likeness (QED) is 0.477. The van der Waals surface area contributed by atoms with Gasteiger partial charge in [-0.05, 0) is 25.6 Å². The maximum Gasteiger partial charge on any atom is 0.315 e. The van der Waals surface area contributed by atoms with E-state index in [1.807, 2.05) is 6.92 Å². The number of nitrogens with two attached hydrogens (primary N) is 1. The van der Waals surface area contributed by atoms with Gasteiger partial charge in [0.05, 0.1) is 12.4 Å². The third kappa shape index (κ3) is 7.68. The molecule has 0 rings (SSSR count). The number of rotatable bonds is 6. The molecule has 0 fully saturated rings. The van der Waals surface area contributed by atoms with Gasteiger partial charge in [0.15, 0.2) is 0 Å². The van der Waals surface area contributed by atoms with Crippen LogP contribution in [0.2, 0.25) is 0 Å². The maximum absolute atomic E-state index is 10.7. The first-order valence-corrected chi connectivity index (χ1v) is 4.90. The van der Waals surface area contributed by atoms with Gasteiger partial charge in [-0.25, -0.2) is 0 Å². The van der Waals surface area contributed by atoms with Gasteiger partial charge in [0, 0.05) is 0 Å². The second-order valence-corrected chi connectivity index (χ2v) is 3.11. The van der Waals surface area contributed by atoms with Gasteiger partial charge in [0.25, 0.3) is 0 Å². The van der Waals surface area contributed by atoms with E-state index in [1.54, 1.807) is 11.8 Å². The van der Waals surface area contributed by atoms with Gasteiger partial charge >= 0.3 is 5.97 Å². The van der Waals surface area contributed by atoms with Crippen LogP contribution in [0.3, 0.4) is 0 Å². The highest BCUT2D eigenvalue weighted by molar-refractivity contribution is 7.99. The molecule has 0 amide bonds. The molecule has 66 valence electrons. The molecule has 0 spiro atoms. The van der Waals surface area contributed by atoms with Crippen molar-refractivity contribution in [3.63, 3.8) is 0 Å². The van der Waals surface area contributed by atoms with Crippen LogP contribution >= 0.6 is 11.8 Å². The Kier molecular flexibility index (Phi) is 7.72. The molecule has 4 heteroatoms. The Hall–Kier alpha value is -0.220. The van der Waals surface area contributed by atoms with E-state index < -0.39 is 0 Å². The predicted octanol–water partition coefficient (Wildman–Crippen LogP) is 0.632. The van der Waals surface area contributed by atoms with Crippen molar-refractivity contribution >= 4 is 17.7 Å². The lowest BCUT2D eigenvalue weighted by atomic mass is 10.5. The van der Waals surface area contributed by atoms with Crippen LogP contribution in [-0.4, -0.2) is 30.6 Å². The molecule has 3 nitrogen and oxygen atoms in total. The average molecular weight is 177 g/mol. The minimum absolute atomic E-state index is 0.130. The van der Waals surface area contributed by atoms with Gasteiger partial charge < -0.3 is 10.5 Å². The molecule has 0 unspecified atom stereocenters. The molecule has 0 aromatic carbocycles. The van der Waals surface area contributed by atoms with E-state index >= 15 is 0 Å². The third-order valence-corrected chi connectivity index (χ3v) is 2.04. The summed E-state index contributed by atoms with van der Waals surface area (Å²) in [5, 5.41) is 0. The molecule has 0 atom stereocenters. The highest BCUT2D eigenvalue weighted by atomic mass is 32.2. The molecular weight excluding hydrogens is 162 g/mol. The maximum atomic E-state index is 10.7. The van der Waals surface area contributed by atoms with Gasteiger partial charge in [-0.2, -0.15) is 11.8 Å². The van der Waals surface area contributed by atoms with Crippen molar-refractivity contribution in [3.8, 4) is 0 Å². The summed E-state index contributed by atoms with van der Waals surface area (Å²) in [6.45, 7) is 2.97. The lowest BCUT2D eigenvalue weighted by molar-refractivity contribution is -0.139. The Morgan fingerprint density at radius 3 is 2.91 bits per heavy atom. The van der Waals surface area contributed by atoms with Crippen molar-refractivity contribution in [3.05, 3.63) is 0 Å². The lowest BCUT2D eigenvalue weighted by Gasteiger charge is -2.00. The van der Waals surface area contributed by atoms with Crippen molar-refractivity contribution in [2.45, 2.75) is 13.3 Å². The molecule has 0 saturated heterocycles. The number of hydrogen-bond donors (Lipinski definition) is 1. The number of carbonyl (C=O) groups is 1. The van der Waals surface area contributed by atoms with Crippen molar-refractivity contribution in [2.24, 2.45) is 5.73 Å². The second kappa shape index (κ2) is 7.88. The molecule has 0 aromatic rings. The fourth-order valence-corrected chi connectivity index (χ4v) is 1.31.